The molecule has 82 valence electrons. The van der Waals surface area contributed by atoms with Crippen molar-refractivity contribution < 1.29 is 14.3 Å². The molecule has 0 fully saturated rings. The number of unbranched alkanes of at least 4 members (excludes halogenated alkanes) is 1. The monoisotopic (exact) mass is 202 g/mol. The van der Waals surface area contributed by atoms with Gasteiger partial charge >= 0.3 is 5.97 Å². The third-order valence-electron chi connectivity index (χ3n) is 1.53. The Bertz CT molecular complexity index is 183. The quantitative estimate of drug-likeness (QED) is 0.438. The molecule has 14 heavy (non-hydrogen) atoms. The number of nitrogens with one attached hydrogen (secondary N) is 2. The standard InChI is InChI=1S/C9H18N2O3/c1-3-4-5-14-9(13)7-11-8(12)6-10-2/h10H,3-7H2,1-2H3,(H,11,12). The molecule has 0 saturated carbocycles. The lowest BCUT2D eigenvalue weighted by molar-refractivity contribution is -0.143. The fraction of sp³-hybridized carbons (Fsp3) is 0.778. The van der Waals surface area contributed by atoms with Gasteiger partial charge in [-0.05, 0) is 13.5 Å². The second kappa shape index (κ2) is 8.50. The van der Waals surface area contributed by atoms with Gasteiger partial charge < -0.3 is 15.4 Å². The fourth-order valence-electron chi connectivity index (χ4n) is 0.775. The lowest BCUT2D eigenvalue weighted by Crippen LogP contribution is -2.36. The van der Waals surface area contributed by atoms with Crippen LogP contribution in [0, 0.1) is 0 Å². The van der Waals surface area contributed by atoms with E-state index in [0.717, 1.165) is 12.8 Å². The van der Waals surface area contributed by atoms with Crippen LogP contribution in [-0.4, -0.2) is 38.6 Å². The number of esters is 1. The maximum Gasteiger partial charge on any atom is 0.325 e. The molecular weight excluding hydrogens is 184 g/mol. The lowest BCUT2D eigenvalue weighted by atomic mass is 10.4. The van der Waals surface area contributed by atoms with Crippen LogP contribution in [0.3, 0.4) is 0 Å². The summed E-state index contributed by atoms with van der Waals surface area (Å²) in [6, 6.07) is 0. The summed E-state index contributed by atoms with van der Waals surface area (Å²) in [6.07, 6.45) is 1.84. The Kier molecular flexibility index (Phi) is 7.83. The Balaban J connectivity index is 3.39. The van der Waals surface area contributed by atoms with Crippen molar-refractivity contribution >= 4 is 11.9 Å². The van der Waals surface area contributed by atoms with Crippen molar-refractivity contribution in [1.82, 2.24) is 10.6 Å². The van der Waals surface area contributed by atoms with Gasteiger partial charge in [0.15, 0.2) is 0 Å². The Morgan fingerprint density at radius 3 is 2.57 bits per heavy atom. The third kappa shape index (κ3) is 7.54. The molecule has 0 aliphatic carbocycles. The summed E-state index contributed by atoms with van der Waals surface area (Å²) in [7, 11) is 1.67. The molecular formula is C9H18N2O3. The maximum atomic E-state index is 11.0. The van der Waals surface area contributed by atoms with Crippen molar-refractivity contribution in [3.8, 4) is 0 Å². The van der Waals surface area contributed by atoms with Crippen LogP contribution >= 0.6 is 0 Å². The molecule has 0 heterocycles. The maximum absolute atomic E-state index is 11.0. The van der Waals surface area contributed by atoms with Gasteiger partial charge in [-0.3, -0.25) is 9.59 Å². The van der Waals surface area contributed by atoms with Crippen LogP contribution in [-0.2, 0) is 14.3 Å². The molecule has 0 aromatic heterocycles. The van der Waals surface area contributed by atoms with Gasteiger partial charge in [-0.25, -0.2) is 0 Å². The molecule has 0 saturated heterocycles. The average Bonchev–Trinajstić information content (AvgIpc) is 2.16. The van der Waals surface area contributed by atoms with Crippen LogP contribution in [0.1, 0.15) is 19.8 Å². The highest BCUT2D eigenvalue weighted by Gasteiger charge is 2.04. The van der Waals surface area contributed by atoms with Crippen LogP contribution < -0.4 is 10.6 Å². The first-order chi connectivity index (χ1) is 6.70. The molecule has 0 aliphatic heterocycles. The van der Waals surface area contributed by atoms with Gasteiger partial charge in [0.25, 0.3) is 0 Å². The minimum absolute atomic E-state index is 0.0514. The summed E-state index contributed by atoms with van der Waals surface area (Å²) < 4.78 is 4.84. The minimum atomic E-state index is -0.386. The van der Waals surface area contributed by atoms with Crippen molar-refractivity contribution in [3.63, 3.8) is 0 Å². The van der Waals surface area contributed by atoms with Crippen LogP contribution in [0.25, 0.3) is 0 Å². The highest BCUT2D eigenvalue weighted by molar-refractivity contribution is 5.83. The number of hydrogen-bond acceptors (Lipinski definition) is 4. The number of rotatable bonds is 7. The summed E-state index contributed by atoms with van der Waals surface area (Å²) in [4.78, 5) is 21.9. The first kappa shape index (κ1) is 12.9. The molecule has 5 nitrogen and oxygen atoms in total. The summed E-state index contributed by atoms with van der Waals surface area (Å²) in [5.74, 6) is -0.595. The van der Waals surface area contributed by atoms with E-state index in [4.69, 9.17) is 4.74 Å². The Morgan fingerprint density at radius 1 is 1.29 bits per heavy atom. The number of ether oxygens (including phenoxy) is 1. The van der Waals surface area contributed by atoms with Crippen LogP contribution in [0.15, 0.2) is 0 Å². The molecule has 0 rings (SSSR count). The summed E-state index contributed by atoms with van der Waals surface area (Å²) >= 11 is 0. The van der Waals surface area contributed by atoms with E-state index < -0.39 is 0 Å². The van der Waals surface area contributed by atoms with Gasteiger partial charge in [0, 0.05) is 0 Å². The second-order valence-corrected chi connectivity index (χ2v) is 2.88. The number of amides is 1. The van der Waals surface area contributed by atoms with Crippen LogP contribution in [0.4, 0.5) is 0 Å². The summed E-state index contributed by atoms with van der Waals surface area (Å²) in [5, 5.41) is 5.11. The van der Waals surface area contributed by atoms with Gasteiger partial charge in [-0.2, -0.15) is 0 Å². The van der Waals surface area contributed by atoms with Crippen LogP contribution in [0.5, 0.6) is 0 Å². The SMILES string of the molecule is CCCCOC(=O)CNC(=O)CNC. The minimum Gasteiger partial charge on any atom is -0.464 e. The van der Waals surface area contributed by atoms with Crippen molar-refractivity contribution in [1.29, 1.82) is 0 Å². The predicted molar refractivity (Wildman–Crippen MR) is 52.8 cm³/mol. The van der Waals surface area contributed by atoms with E-state index in [-0.39, 0.29) is 25.0 Å². The molecule has 5 heteroatoms. The smallest absolute Gasteiger partial charge is 0.325 e. The highest BCUT2D eigenvalue weighted by atomic mass is 16.5. The lowest BCUT2D eigenvalue weighted by Gasteiger charge is -2.05. The van der Waals surface area contributed by atoms with E-state index in [0.29, 0.717) is 6.61 Å². The van der Waals surface area contributed by atoms with Crippen molar-refractivity contribution in [3.05, 3.63) is 0 Å². The summed E-state index contributed by atoms with van der Waals surface area (Å²) in [6.45, 7) is 2.60. The van der Waals surface area contributed by atoms with E-state index in [1.807, 2.05) is 6.92 Å². The normalized spacial score (nSPS) is 9.57. The van der Waals surface area contributed by atoms with Gasteiger partial charge in [0.05, 0.1) is 13.2 Å². The van der Waals surface area contributed by atoms with E-state index in [9.17, 15) is 9.59 Å². The number of likely N-dealkylation sites (N-methyl/N-ethyl adjacent to an activating group) is 1. The predicted octanol–water partition coefficient (Wildman–Crippen LogP) is -0.335. The molecule has 0 spiro atoms. The molecule has 0 aromatic rings. The molecule has 0 radical (unpaired) electrons. The Labute approximate surface area is 84.2 Å². The topological polar surface area (TPSA) is 67.4 Å². The van der Waals surface area contributed by atoms with E-state index in [2.05, 4.69) is 10.6 Å². The number of carbonyl (C=O) groups is 2. The van der Waals surface area contributed by atoms with Gasteiger partial charge in [-0.1, -0.05) is 13.3 Å². The van der Waals surface area contributed by atoms with Crippen molar-refractivity contribution in [2.45, 2.75) is 19.8 Å². The van der Waals surface area contributed by atoms with Crippen LogP contribution in [0.2, 0.25) is 0 Å². The highest BCUT2D eigenvalue weighted by Crippen LogP contribution is 1.87. The molecule has 0 bridgehead atoms. The molecule has 0 unspecified atom stereocenters. The van der Waals surface area contributed by atoms with Gasteiger partial charge in [0.2, 0.25) is 5.91 Å². The summed E-state index contributed by atoms with van der Waals surface area (Å²) in [5.41, 5.74) is 0. The average molecular weight is 202 g/mol. The number of hydrogen-bond donors (Lipinski definition) is 2. The zero-order valence-corrected chi connectivity index (χ0v) is 8.76. The Hall–Kier alpha value is -1.10. The zero-order chi connectivity index (χ0) is 10.8. The Morgan fingerprint density at radius 2 is 2.00 bits per heavy atom. The van der Waals surface area contributed by atoms with Gasteiger partial charge in [-0.15, -0.1) is 0 Å². The zero-order valence-electron chi connectivity index (χ0n) is 8.76. The van der Waals surface area contributed by atoms with E-state index >= 15 is 0 Å². The first-order valence-corrected chi connectivity index (χ1v) is 4.77. The largest absolute Gasteiger partial charge is 0.464 e. The molecule has 2 N–H and O–H groups in total. The molecule has 1 amide bonds. The third-order valence-corrected chi connectivity index (χ3v) is 1.53. The van der Waals surface area contributed by atoms with E-state index in [1.54, 1.807) is 7.05 Å². The fourth-order valence-corrected chi connectivity index (χ4v) is 0.775. The molecule has 0 aromatic carbocycles. The molecule has 0 atom stereocenters. The molecule has 0 aliphatic rings. The van der Waals surface area contributed by atoms with Gasteiger partial charge in [0.1, 0.15) is 6.54 Å². The van der Waals surface area contributed by atoms with Crippen molar-refractivity contribution in [2.75, 3.05) is 26.7 Å². The first-order valence-electron chi connectivity index (χ1n) is 4.77. The second-order valence-electron chi connectivity index (χ2n) is 2.88. The van der Waals surface area contributed by atoms with E-state index in [1.165, 1.54) is 0 Å². The van der Waals surface area contributed by atoms with Crippen molar-refractivity contribution in [2.24, 2.45) is 0 Å². The number of carbonyl (C=O) groups excluding carboxylic acids is 2.